The first-order valence-corrected chi connectivity index (χ1v) is 9.18. The van der Waals surface area contributed by atoms with Crippen LogP contribution in [0.4, 0.5) is 4.39 Å². The predicted molar refractivity (Wildman–Crippen MR) is 102 cm³/mol. The molecule has 0 bridgehead atoms. The van der Waals surface area contributed by atoms with Crippen molar-refractivity contribution in [1.29, 1.82) is 0 Å². The van der Waals surface area contributed by atoms with E-state index in [-0.39, 0.29) is 24.4 Å². The Morgan fingerprint density at radius 3 is 2.42 bits per heavy atom. The van der Waals surface area contributed by atoms with Crippen LogP contribution in [-0.2, 0) is 4.79 Å². The number of carbonyl (C=O) groups is 1. The minimum Gasteiger partial charge on any atom is -0.484 e. The Hall–Kier alpha value is -2.66. The van der Waals surface area contributed by atoms with Crippen molar-refractivity contribution >= 4 is 17.2 Å². The van der Waals surface area contributed by atoms with Crippen molar-refractivity contribution in [3.05, 3.63) is 87.4 Å². The first-order chi connectivity index (χ1) is 12.5. The highest BCUT2D eigenvalue weighted by atomic mass is 32.1. The van der Waals surface area contributed by atoms with Crippen molar-refractivity contribution in [1.82, 2.24) is 5.32 Å². The third-order valence-electron chi connectivity index (χ3n) is 3.90. The molecule has 5 heteroatoms. The number of hydrogen-bond donors (Lipinski definition) is 1. The van der Waals surface area contributed by atoms with Crippen LogP contribution in [0.15, 0.2) is 60.0 Å². The predicted octanol–water partition coefficient (Wildman–Crippen LogP) is 4.79. The second kappa shape index (κ2) is 8.15. The van der Waals surface area contributed by atoms with Crippen molar-refractivity contribution in [3.8, 4) is 5.75 Å². The van der Waals surface area contributed by atoms with Gasteiger partial charge in [-0.25, -0.2) is 4.39 Å². The van der Waals surface area contributed by atoms with E-state index >= 15 is 0 Å². The largest absolute Gasteiger partial charge is 0.484 e. The quantitative estimate of drug-likeness (QED) is 0.678. The smallest absolute Gasteiger partial charge is 0.258 e. The van der Waals surface area contributed by atoms with Crippen molar-refractivity contribution in [2.24, 2.45) is 0 Å². The van der Waals surface area contributed by atoms with Crippen LogP contribution in [0, 0.1) is 19.7 Å². The lowest BCUT2D eigenvalue weighted by Gasteiger charge is -2.18. The molecule has 0 aliphatic heterocycles. The second-order valence-corrected chi connectivity index (χ2v) is 7.16. The fourth-order valence-corrected chi connectivity index (χ4v) is 3.60. The fraction of sp³-hybridized carbons (Fsp3) is 0.190. The highest BCUT2D eigenvalue weighted by Crippen LogP contribution is 2.26. The summed E-state index contributed by atoms with van der Waals surface area (Å²) >= 11 is 1.54. The molecule has 0 aliphatic rings. The number of ether oxygens (including phenoxy) is 1. The molecule has 0 spiro atoms. The zero-order valence-corrected chi connectivity index (χ0v) is 15.5. The summed E-state index contributed by atoms with van der Waals surface area (Å²) in [5.74, 6) is 0.141. The zero-order valence-electron chi connectivity index (χ0n) is 14.7. The molecule has 0 radical (unpaired) electrons. The van der Waals surface area contributed by atoms with Gasteiger partial charge in [0.1, 0.15) is 11.6 Å². The van der Waals surface area contributed by atoms with E-state index < -0.39 is 0 Å². The van der Waals surface area contributed by atoms with Crippen LogP contribution in [0.2, 0.25) is 0 Å². The summed E-state index contributed by atoms with van der Waals surface area (Å²) in [6.45, 7) is 3.90. The summed E-state index contributed by atoms with van der Waals surface area (Å²) in [6, 6.07) is 15.6. The zero-order chi connectivity index (χ0) is 18.5. The third-order valence-corrected chi connectivity index (χ3v) is 4.84. The van der Waals surface area contributed by atoms with Crippen molar-refractivity contribution in [2.75, 3.05) is 6.61 Å². The number of amides is 1. The third kappa shape index (κ3) is 4.70. The van der Waals surface area contributed by atoms with E-state index in [1.807, 2.05) is 49.6 Å². The molecule has 2 aromatic carbocycles. The van der Waals surface area contributed by atoms with E-state index in [0.717, 1.165) is 21.6 Å². The second-order valence-electron chi connectivity index (χ2n) is 6.18. The normalized spacial score (nSPS) is 11.8. The molecule has 3 aromatic rings. The highest BCUT2D eigenvalue weighted by Gasteiger charge is 2.18. The van der Waals surface area contributed by atoms with Gasteiger partial charge in [-0.3, -0.25) is 4.79 Å². The van der Waals surface area contributed by atoms with E-state index in [1.165, 1.54) is 12.1 Å². The van der Waals surface area contributed by atoms with Crippen molar-refractivity contribution in [2.45, 2.75) is 19.9 Å². The summed E-state index contributed by atoms with van der Waals surface area (Å²) < 4.78 is 18.9. The molecule has 1 N–H and O–H groups in total. The van der Waals surface area contributed by atoms with E-state index in [0.29, 0.717) is 5.75 Å². The van der Waals surface area contributed by atoms with Gasteiger partial charge in [0.25, 0.3) is 5.91 Å². The Balaban J connectivity index is 1.70. The SMILES string of the molecule is Cc1cc(C)cc(OCC(=O)N[C@@H](c2ccc(F)cc2)c2cccs2)c1. The molecule has 134 valence electrons. The van der Waals surface area contributed by atoms with Crippen LogP contribution in [-0.4, -0.2) is 12.5 Å². The molecule has 0 saturated heterocycles. The van der Waals surface area contributed by atoms with Crippen LogP contribution in [0.5, 0.6) is 5.75 Å². The summed E-state index contributed by atoms with van der Waals surface area (Å²) in [6.07, 6.45) is 0. The lowest BCUT2D eigenvalue weighted by atomic mass is 10.1. The molecule has 1 aromatic heterocycles. The fourth-order valence-electron chi connectivity index (χ4n) is 2.80. The Labute approximate surface area is 156 Å². The summed E-state index contributed by atoms with van der Waals surface area (Å²) in [5.41, 5.74) is 3.00. The van der Waals surface area contributed by atoms with Crippen LogP contribution in [0.3, 0.4) is 0 Å². The molecule has 0 fully saturated rings. The van der Waals surface area contributed by atoms with E-state index in [2.05, 4.69) is 5.32 Å². The number of hydrogen-bond acceptors (Lipinski definition) is 3. The maximum Gasteiger partial charge on any atom is 0.258 e. The van der Waals surface area contributed by atoms with Crippen LogP contribution in [0.25, 0.3) is 0 Å². The minimum absolute atomic E-state index is 0.0774. The standard InChI is InChI=1S/C21H20FNO2S/c1-14-10-15(2)12-18(11-14)25-13-20(24)23-21(19-4-3-9-26-19)16-5-7-17(22)8-6-16/h3-12,21H,13H2,1-2H3,(H,23,24)/t21-/m0/s1. The van der Waals surface area contributed by atoms with Crippen LogP contribution < -0.4 is 10.1 Å². The first kappa shape index (κ1) is 18.1. The lowest BCUT2D eigenvalue weighted by Crippen LogP contribution is -2.32. The van der Waals surface area contributed by atoms with Gasteiger partial charge in [0, 0.05) is 4.88 Å². The topological polar surface area (TPSA) is 38.3 Å². The first-order valence-electron chi connectivity index (χ1n) is 8.30. The summed E-state index contributed by atoms with van der Waals surface area (Å²) in [5, 5.41) is 4.93. The molecule has 0 saturated carbocycles. The molecular formula is C21H20FNO2S. The van der Waals surface area contributed by atoms with Gasteiger partial charge >= 0.3 is 0 Å². The van der Waals surface area contributed by atoms with Crippen molar-refractivity contribution in [3.63, 3.8) is 0 Å². The maximum absolute atomic E-state index is 13.2. The molecule has 0 unspecified atom stereocenters. The number of carbonyl (C=O) groups excluding carboxylic acids is 1. The summed E-state index contributed by atoms with van der Waals surface area (Å²) in [7, 11) is 0. The molecule has 3 rings (SSSR count). The molecular weight excluding hydrogens is 349 g/mol. The molecule has 3 nitrogen and oxygen atoms in total. The average Bonchev–Trinajstić information content (AvgIpc) is 3.12. The number of thiophene rings is 1. The van der Waals surface area contributed by atoms with Gasteiger partial charge < -0.3 is 10.1 Å². The Morgan fingerprint density at radius 1 is 1.12 bits per heavy atom. The molecule has 0 aliphatic carbocycles. The lowest BCUT2D eigenvalue weighted by molar-refractivity contribution is -0.123. The van der Waals surface area contributed by atoms with Gasteiger partial charge in [-0.2, -0.15) is 0 Å². The van der Waals surface area contributed by atoms with E-state index in [1.54, 1.807) is 23.5 Å². The maximum atomic E-state index is 13.2. The van der Waals surface area contributed by atoms with E-state index in [9.17, 15) is 9.18 Å². The van der Waals surface area contributed by atoms with Gasteiger partial charge in [-0.15, -0.1) is 11.3 Å². The number of halogens is 1. The molecule has 1 heterocycles. The Bertz CT molecular complexity index is 855. The van der Waals surface area contributed by atoms with Gasteiger partial charge in [-0.05, 0) is 66.2 Å². The number of rotatable bonds is 6. The average molecular weight is 369 g/mol. The number of benzene rings is 2. The Morgan fingerprint density at radius 2 is 1.81 bits per heavy atom. The van der Waals surface area contributed by atoms with Crippen molar-refractivity contribution < 1.29 is 13.9 Å². The number of aryl methyl sites for hydroxylation is 2. The summed E-state index contributed by atoms with van der Waals surface area (Å²) in [4.78, 5) is 13.4. The number of nitrogens with one attached hydrogen (secondary N) is 1. The van der Waals surface area contributed by atoms with Gasteiger partial charge in [0.15, 0.2) is 6.61 Å². The monoisotopic (exact) mass is 369 g/mol. The molecule has 1 amide bonds. The van der Waals surface area contributed by atoms with Gasteiger partial charge in [0.2, 0.25) is 0 Å². The van der Waals surface area contributed by atoms with E-state index in [4.69, 9.17) is 4.74 Å². The minimum atomic E-state index is -0.328. The Kier molecular flexibility index (Phi) is 5.68. The van der Waals surface area contributed by atoms with Gasteiger partial charge in [0.05, 0.1) is 6.04 Å². The molecule has 26 heavy (non-hydrogen) atoms. The van der Waals surface area contributed by atoms with Crippen LogP contribution >= 0.6 is 11.3 Å². The molecule has 1 atom stereocenters. The van der Waals surface area contributed by atoms with Gasteiger partial charge in [-0.1, -0.05) is 24.3 Å². The van der Waals surface area contributed by atoms with Crippen LogP contribution in [0.1, 0.15) is 27.6 Å². The highest BCUT2D eigenvalue weighted by molar-refractivity contribution is 7.10.